The smallest absolute Gasteiger partial charge is 0.344 e. The molecule has 70 valence electrons. The Balaban J connectivity index is 0. The molecule has 0 aromatic rings. The largest absolute Gasteiger partial charge is 0.425 e. The van der Waals surface area contributed by atoms with Crippen molar-refractivity contribution in [1.29, 1.82) is 0 Å². The van der Waals surface area contributed by atoms with Gasteiger partial charge in [-0.2, -0.15) is 16.8 Å². The quantitative estimate of drug-likeness (QED) is 0.292. The zero-order valence-electron chi connectivity index (χ0n) is 4.87. The van der Waals surface area contributed by atoms with Gasteiger partial charge >= 0.3 is 20.8 Å². The van der Waals surface area contributed by atoms with E-state index >= 15 is 0 Å². The molecular formula is H5NO8S2. The monoisotopic (exact) mass is 211 g/mol. The highest BCUT2D eigenvalue weighted by Crippen LogP contribution is 1.92. The van der Waals surface area contributed by atoms with E-state index in [0.717, 1.165) is 0 Å². The topological polar surface area (TPSA) is 162 Å². The van der Waals surface area contributed by atoms with Crippen LogP contribution in [0.3, 0.4) is 0 Å². The maximum absolute atomic E-state index is 9.51. The molecule has 0 aromatic heterocycles. The summed E-state index contributed by atoms with van der Waals surface area (Å²) in [6.45, 7) is 0. The highest BCUT2D eigenvalue weighted by atomic mass is 32.3. The molecule has 0 fully saturated rings. The van der Waals surface area contributed by atoms with Crippen LogP contribution in [-0.2, 0) is 29.5 Å². The van der Waals surface area contributed by atoms with Crippen LogP contribution in [0.25, 0.3) is 0 Å². The Labute approximate surface area is 62.3 Å². The summed E-state index contributed by atoms with van der Waals surface area (Å²) in [4.78, 5) is 0. The molecule has 0 unspecified atom stereocenters. The second-order valence-electron chi connectivity index (χ2n) is 0.992. The van der Waals surface area contributed by atoms with Crippen LogP contribution in [0, 0.1) is 0 Å². The van der Waals surface area contributed by atoms with Crippen molar-refractivity contribution in [3.63, 3.8) is 0 Å². The number of hydrogen-bond acceptors (Lipinski definition) is 7. The van der Waals surface area contributed by atoms with Gasteiger partial charge in [0.2, 0.25) is 0 Å². The van der Waals surface area contributed by atoms with Gasteiger partial charge in [-0.05, 0) is 0 Å². The third-order valence-electron chi connectivity index (χ3n) is 0.200. The summed E-state index contributed by atoms with van der Waals surface area (Å²) in [5, 5.41) is 0. The van der Waals surface area contributed by atoms with E-state index in [0.29, 0.717) is 0 Å². The Morgan fingerprint density at radius 2 is 1.00 bits per heavy atom. The van der Waals surface area contributed by atoms with Gasteiger partial charge in [0.15, 0.2) is 0 Å². The standard InChI is InChI=1S/H3N.H2O8S2/c;1-9(2,3)7-8-10(4,5)6/h1H3;(H,1,2,3)(H,4,5,6). The molecule has 0 aliphatic carbocycles. The van der Waals surface area contributed by atoms with Crippen molar-refractivity contribution >= 4 is 20.8 Å². The summed E-state index contributed by atoms with van der Waals surface area (Å²) in [6, 6.07) is 0. The molecule has 5 N–H and O–H groups in total. The maximum Gasteiger partial charge on any atom is 0.425 e. The van der Waals surface area contributed by atoms with Crippen molar-refractivity contribution in [3.05, 3.63) is 0 Å². The second kappa shape index (κ2) is 3.91. The molecule has 0 saturated heterocycles. The lowest BCUT2D eigenvalue weighted by molar-refractivity contribution is -0.105. The lowest BCUT2D eigenvalue weighted by Crippen LogP contribution is -2.10. The van der Waals surface area contributed by atoms with Crippen molar-refractivity contribution < 1.29 is 34.6 Å². The Bertz CT molecular complexity index is 248. The number of hydrogen-bond donors (Lipinski definition) is 3. The zero-order chi connectivity index (χ0) is 8.41. The minimum atomic E-state index is -5.02. The first-order valence-electron chi connectivity index (χ1n) is 1.53. The molecule has 11 heteroatoms. The van der Waals surface area contributed by atoms with E-state index < -0.39 is 20.8 Å². The summed E-state index contributed by atoms with van der Waals surface area (Å²) >= 11 is 0. The molecule has 0 spiro atoms. The Hall–Kier alpha value is -0.300. The SMILES string of the molecule is N.O=S(=O)(O)OOS(=O)(=O)O. The molecule has 9 nitrogen and oxygen atoms in total. The van der Waals surface area contributed by atoms with Crippen LogP contribution >= 0.6 is 0 Å². The molecule has 0 atom stereocenters. The summed E-state index contributed by atoms with van der Waals surface area (Å²) in [5.74, 6) is 0. The first-order valence-corrected chi connectivity index (χ1v) is 4.26. The predicted molar refractivity (Wildman–Crippen MR) is 30.3 cm³/mol. The summed E-state index contributed by atoms with van der Waals surface area (Å²) in [6.07, 6.45) is 0. The van der Waals surface area contributed by atoms with Crippen molar-refractivity contribution in [2.75, 3.05) is 0 Å². The van der Waals surface area contributed by atoms with Crippen molar-refractivity contribution in [2.24, 2.45) is 0 Å². The molecule has 0 rings (SSSR count). The van der Waals surface area contributed by atoms with E-state index in [1.807, 2.05) is 0 Å². The first kappa shape index (κ1) is 13.3. The van der Waals surface area contributed by atoms with E-state index in [2.05, 4.69) is 8.67 Å². The van der Waals surface area contributed by atoms with Crippen LogP contribution in [0.15, 0.2) is 0 Å². The molecule has 0 amide bonds. The molecule has 0 aliphatic heterocycles. The van der Waals surface area contributed by atoms with Gasteiger partial charge in [-0.25, -0.2) is 0 Å². The fourth-order valence-corrected chi connectivity index (χ4v) is 0.632. The van der Waals surface area contributed by atoms with Gasteiger partial charge < -0.3 is 6.15 Å². The minimum absolute atomic E-state index is 0. The van der Waals surface area contributed by atoms with Crippen molar-refractivity contribution in [1.82, 2.24) is 6.15 Å². The predicted octanol–water partition coefficient (Wildman–Crippen LogP) is -1.30. The molecule has 0 saturated carbocycles. The van der Waals surface area contributed by atoms with Gasteiger partial charge in [-0.1, -0.05) is 8.67 Å². The molecular weight excluding hydrogens is 206 g/mol. The van der Waals surface area contributed by atoms with E-state index in [-0.39, 0.29) is 6.15 Å². The molecule has 0 aromatic carbocycles. The number of rotatable bonds is 3. The molecule has 0 radical (unpaired) electrons. The Morgan fingerprint density at radius 1 is 0.818 bits per heavy atom. The maximum atomic E-state index is 9.51. The van der Waals surface area contributed by atoms with Gasteiger partial charge in [0.1, 0.15) is 0 Å². The van der Waals surface area contributed by atoms with Gasteiger partial charge in [-0.3, -0.25) is 9.11 Å². The van der Waals surface area contributed by atoms with Crippen molar-refractivity contribution in [2.45, 2.75) is 0 Å². The van der Waals surface area contributed by atoms with Crippen LogP contribution in [-0.4, -0.2) is 25.9 Å². The minimum Gasteiger partial charge on any atom is -0.344 e. The van der Waals surface area contributed by atoms with Crippen molar-refractivity contribution in [3.8, 4) is 0 Å². The van der Waals surface area contributed by atoms with Crippen LogP contribution in [0.1, 0.15) is 0 Å². The van der Waals surface area contributed by atoms with E-state index in [1.165, 1.54) is 0 Å². The van der Waals surface area contributed by atoms with Crippen LogP contribution < -0.4 is 6.15 Å². The van der Waals surface area contributed by atoms with Gasteiger partial charge in [0, 0.05) is 0 Å². The average Bonchev–Trinajstić information content (AvgIpc) is 1.57. The lowest BCUT2D eigenvalue weighted by Gasteiger charge is -1.92. The summed E-state index contributed by atoms with van der Waals surface area (Å²) in [7, 11) is -10.0. The van der Waals surface area contributed by atoms with E-state index in [1.54, 1.807) is 0 Å². The second-order valence-corrected chi connectivity index (χ2v) is 2.97. The third-order valence-corrected chi connectivity index (χ3v) is 0.766. The van der Waals surface area contributed by atoms with Gasteiger partial charge in [-0.15, -0.1) is 0 Å². The van der Waals surface area contributed by atoms with E-state index in [9.17, 15) is 16.8 Å². The fraction of sp³-hybridized carbons (Fsp3) is 0. The molecule has 0 aliphatic rings. The van der Waals surface area contributed by atoms with Crippen LogP contribution in [0.5, 0.6) is 0 Å². The molecule has 11 heavy (non-hydrogen) atoms. The third kappa shape index (κ3) is 12.8. The van der Waals surface area contributed by atoms with Crippen LogP contribution in [0.2, 0.25) is 0 Å². The summed E-state index contributed by atoms with van der Waals surface area (Å²) in [5.41, 5.74) is 0. The van der Waals surface area contributed by atoms with Crippen LogP contribution in [0.4, 0.5) is 0 Å². The molecule has 0 bridgehead atoms. The highest BCUT2D eigenvalue weighted by Gasteiger charge is 2.13. The van der Waals surface area contributed by atoms with Gasteiger partial charge in [0.05, 0.1) is 0 Å². The first-order chi connectivity index (χ1) is 4.21. The Kier molecular flexibility index (Phi) is 4.73. The van der Waals surface area contributed by atoms with E-state index in [4.69, 9.17) is 9.11 Å². The average molecular weight is 211 g/mol. The summed E-state index contributed by atoms with van der Waals surface area (Å²) < 4.78 is 58.9. The highest BCUT2D eigenvalue weighted by molar-refractivity contribution is 7.83. The lowest BCUT2D eigenvalue weighted by atomic mass is 14.0. The fourth-order valence-electron chi connectivity index (χ4n) is 0.0702. The van der Waals surface area contributed by atoms with Gasteiger partial charge in [0.25, 0.3) is 0 Å². The zero-order valence-corrected chi connectivity index (χ0v) is 6.50. The Morgan fingerprint density at radius 3 is 1.09 bits per heavy atom. The molecule has 0 heterocycles. The normalized spacial score (nSPS) is 12.2.